The molecule has 0 radical (unpaired) electrons. The first kappa shape index (κ1) is 14.2. The number of thioether (sulfide) groups is 1. The lowest BCUT2D eigenvalue weighted by atomic mass is 9.94. The molecule has 0 bridgehead atoms. The Bertz CT molecular complexity index is 459. The van der Waals surface area contributed by atoms with Gasteiger partial charge in [-0.05, 0) is 50.1 Å². The number of hydrogen-bond donors (Lipinski definition) is 2. The number of nitrogens with one attached hydrogen (secondary N) is 1. The van der Waals surface area contributed by atoms with Gasteiger partial charge in [-0.1, -0.05) is 0 Å². The van der Waals surface area contributed by atoms with Crippen LogP contribution >= 0.6 is 11.8 Å². The van der Waals surface area contributed by atoms with E-state index in [2.05, 4.69) is 11.6 Å². The maximum atomic E-state index is 13.1. The van der Waals surface area contributed by atoms with Gasteiger partial charge in [0.2, 0.25) is 0 Å². The molecule has 1 aromatic rings. The van der Waals surface area contributed by atoms with E-state index < -0.39 is 5.82 Å². The Morgan fingerprint density at radius 2 is 2.05 bits per heavy atom. The first-order valence-electron chi connectivity index (χ1n) is 6.49. The van der Waals surface area contributed by atoms with Gasteiger partial charge in [0.15, 0.2) is 0 Å². The highest BCUT2D eigenvalue weighted by molar-refractivity contribution is 7.99. The lowest BCUT2D eigenvalue weighted by Gasteiger charge is -2.28. The fourth-order valence-corrected chi connectivity index (χ4v) is 3.17. The molecule has 0 heterocycles. The van der Waals surface area contributed by atoms with Crippen molar-refractivity contribution in [2.24, 2.45) is 0 Å². The third-order valence-corrected chi connectivity index (χ3v) is 4.74. The molecular formula is C14H19FN2OS. The minimum atomic E-state index is -0.439. The molecule has 1 saturated carbocycles. The molecular weight excluding hydrogens is 263 g/mol. The zero-order chi connectivity index (χ0) is 13.8. The van der Waals surface area contributed by atoms with Crippen molar-refractivity contribution < 1.29 is 9.18 Å². The van der Waals surface area contributed by atoms with Crippen molar-refractivity contribution in [2.75, 3.05) is 12.0 Å². The standard InChI is InChI=1S/C14H19FN2OS/c1-19-11-5-3-10(4-6-11)17-14(18)12-8-9(15)2-7-13(12)16/h2,7-8,10-11H,3-6,16H2,1H3,(H,17,18). The Labute approximate surface area is 117 Å². The van der Waals surface area contributed by atoms with E-state index in [0.717, 1.165) is 25.7 Å². The fraction of sp³-hybridized carbons (Fsp3) is 0.500. The van der Waals surface area contributed by atoms with Crippen LogP contribution in [0.15, 0.2) is 18.2 Å². The number of carbonyl (C=O) groups is 1. The SMILES string of the molecule is CSC1CCC(NC(=O)c2cc(F)ccc2N)CC1. The van der Waals surface area contributed by atoms with Gasteiger partial charge in [0, 0.05) is 17.0 Å². The van der Waals surface area contributed by atoms with Crippen molar-refractivity contribution in [1.82, 2.24) is 5.32 Å². The summed E-state index contributed by atoms with van der Waals surface area (Å²) in [6, 6.07) is 4.06. The molecule has 0 aliphatic heterocycles. The molecule has 5 heteroatoms. The summed E-state index contributed by atoms with van der Waals surface area (Å²) in [5, 5.41) is 3.65. The van der Waals surface area contributed by atoms with Gasteiger partial charge in [-0.25, -0.2) is 4.39 Å². The second-order valence-corrected chi connectivity index (χ2v) is 6.05. The summed E-state index contributed by atoms with van der Waals surface area (Å²) in [5.74, 6) is -0.713. The van der Waals surface area contributed by atoms with E-state index in [0.29, 0.717) is 10.9 Å². The number of rotatable bonds is 3. The summed E-state index contributed by atoms with van der Waals surface area (Å²) in [7, 11) is 0. The van der Waals surface area contributed by atoms with E-state index >= 15 is 0 Å². The van der Waals surface area contributed by atoms with Crippen molar-refractivity contribution in [3.05, 3.63) is 29.6 Å². The lowest BCUT2D eigenvalue weighted by molar-refractivity contribution is 0.0928. The predicted octanol–water partition coefficient (Wildman–Crippen LogP) is 2.81. The number of nitrogens with two attached hydrogens (primary N) is 1. The van der Waals surface area contributed by atoms with Crippen LogP contribution in [0.5, 0.6) is 0 Å². The number of anilines is 1. The van der Waals surface area contributed by atoms with Gasteiger partial charge < -0.3 is 11.1 Å². The summed E-state index contributed by atoms with van der Waals surface area (Å²) < 4.78 is 13.1. The zero-order valence-corrected chi connectivity index (χ0v) is 11.8. The van der Waals surface area contributed by atoms with Crippen molar-refractivity contribution in [1.29, 1.82) is 0 Å². The normalized spacial score (nSPS) is 23.1. The fourth-order valence-electron chi connectivity index (χ4n) is 2.43. The number of halogens is 1. The van der Waals surface area contributed by atoms with Gasteiger partial charge in [-0.3, -0.25) is 4.79 Å². The Morgan fingerprint density at radius 3 is 2.68 bits per heavy atom. The first-order chi connectivity index (χ1) is 9.10. The van der Waals surface area contributed by atoms with Crippen LogP contribution in [0.3, 0.4) is 0 Å². The highest BCUT2D eigenvalue weighted by atomic mass is 32.2. The largest absolute Gasteiger partial charge is 0.398 e. The Kier molecular flexibility index (Phi) is 4.69. The van der Waals surface area contributed by atoms with Gasteiger partial charge in [0.1, 0.15) is 5.82 Å². The average molecular weight is 282 g/mol. The van der Waals surface area contributed by atoms with E-state index in [4.69, 9.17) is 5.73 Å². The van der Waals surface area contributed by atoms with Crippen LogP contribution < -0.4 is 11.1 Å². The molecule has 0 spiro atoms. The van der Waals surface area contributed by atoms with Crippen molar-refractivity contribution in [3.8, 4) is 0 Å². The number of hydrogen-bond acceptors (Lipinski definition) is 3. The molecule has 2 rings (SSSR count). The predicted molar refractivity (Wildman–Crippen MR) is 77.8 cm³/mol. The number of benzene rings is 1. The average Bonchev–Trinajstić information content (AvgIpc) is 2.42. The lowest BCUT2D eigenvalue weighted by Crippen LogP contribution is -2.38. The molecule has 1 aliphatic rings. The van der Waals surface area contributed by atoms with Gasteiger partial charge in [-0.15, -0.1) is 0 Å². The summed E-state index contributed by atoms with van der Waals surface area (Å²) in [6.45, 7) is 0. The molecule has 3 nitrogen and oxygen atoms in total. The zero-order valence-electron chi connectivity index (χ0n) is 11.0. The number of amides is 1. The Hall–Kier alpha value is -1.23. The molecule has 0 unspecified atom stereocenters. The van der Waals surface area contributed by atoms with Gasteiger partial charge in [-0.2, -0.15) is 11.8 Å². The van der Waals surface area contributed by atoms with Crippen molar-refractivity contribution in [2.45, 2.75) is 37.0 Å². The summed E-state index contributed by atoms with van der Waals surface area (Å²) in [6.07, 6.45) is 6.31. The van der Waals surface area contributed by atoms with Gasteiger partial charge >= 0.3 is 0 Å². The van der Waals surface area contributed by atoms with E-state index in [-0.39, 0.29) is 17.5 Å². The van der Waals surface area contributed by atoms with Crippen LogP contribution in [0.25, 0.3) is 0 Å². The molecule has 104 valence electrons. The van der Waals surface area contributed by atoms with Gasteiger partial charge in [0.05, 0.1) is 5.56 Å². The molecule has 0 atom stereocenters. The topological polar surface area (TPSA) is 55.1 Å². The molecule has 1 aliphatic carbocycles. The molecule has 3 N–H and O–H groups in total. The van der Waals surface area contributed by atoms with Crippen molar-refractivity contribution >= 4 is 23.4 Å². The molecule has 1 fully saturated rings. The maximum absolute atomic E-state index is 13.1. The summed E-state index contributed by atoms with van der Waals surface area (Å²) >= 11 is 1.89. The van der Waals surface area contributed by atoms with Crippen LogP contribution in [-0.4, -0.2) is 23.5 Å². The summed E-state index contributed by atoms with van der Waals surface area (Å²) in [4.78, 5) is 12.1. The molecule has 1 amide bonds. The third-order valence-electron chi connectivity index (χ3n) is 3.60. The van der Waals surface area contributed by atoms with Crippen LogP contribution in [0.2, 0.25) is 0 Å². The number of carbonyl (C=O) groups excluding carboxylic acids is 1. The van der Waals surface area contributed by atoms with Crippen LogP contribution in [0.1, 0.15) is 36.0 Å². The van der Waals surface area contributed by atoms with E-state index in [1.54, 1.807) is 0 Å². The van der Waals surface area contributed by atoms with Crippen molar-refractivity contribution in [3.63, 3.8) is 0 Å². The molecule has 0 aromatic heterocycles. The highest BCUT2D eigenvalue weighted by Crippen LogP contribution is 2.27. The molecule has 19 heavy (non-hydrogen) atoms. The van der Waals surface area contributed by atoms with Gasteiger partial charge in [0.25, 0.3) is 5.91 Å². The number of nitrogen functional groups attached to an aromatic ring is 1. The van der Waals surface area contributed by atoms with Crippen LogP contribution in [-0.2, 0) is 0 Å². The summed E-state index contributed by atoms with van der Waals surface area (Å²) in [5.41, 5.74) is 6.25. The van der Waals surface area contributed by atoms with Crippen LogP contribution in [0, 0.1) is 5.82 Å². The third kappa shape index (κ3) is 3.62. The van der Waals surface area contributed by atoms with Crippen LogP contribution in [0.4, 0.5) is 10.1 Å². The first-order valence-corrected chi connectivity index (χ1v) is 7.77. The monoisotopic (exact) mass is 282 g/mol. The Morgan fingerprint density at radius 1 is 1.37 bits per heavy atom. The second kappa shape index (κ2) is 6.28. The minimum absolute atomic E-state index is 0.179. The van der Waals surface area contributed by atoms with E-state index in [9.17, 15) is 9.18 Å². The minimum Gasteiger partial charge on any atom is -0.398 e. The van der Waals surface area contributed by atoms with E-state index in [1.807, 2.05) is 11.8 Å². The highest BCUT2D eigenvalue weighted by Gasteiger charge is 2.22. The van der Waals surface area contributed by atoms with E-state index in [1.165, 1.54) is 18.2 Å². The Balaban J connectivity index is 1.96. The molecule has 0 saturated heterocycles. The smallest absolute Gasteiger partial charge is 0.253 e. The second-order valence-electron chi connectivity index (χ2n) is 4.91. The molecule has 1 aromatic carbocycles. The maximum Gasteiger partial charge on any atom is 0.253 e. The quantitative estimate of drug-likeness (QED) is 0.838.